The van der Waals surface area contributed by atoms with Gasteiger partial charge in [-0.2, -0.15) is 0 Å². The van der Waals surface area contributed by atoms with Crippen molar-refractivity contribution in [3.8, 4) is 0 Å². The van der Waals surface area contributed by atoms with Gasteiger partial charge in [0.15, 0.2) is 0 Å². The second-order valence-corrected chi connectivity index (χ2v) is 5.73. The molecule has 1 heterocycles. The third kappa shape index (κ3) is 2.97. The molecule has 0 radical (unpaired) electrons. The van der Waals surface area contributed by atoms with Crippen LogP contribution in [0.2, 0.25) is 5.02 Å². The first-order valence-corrected chi connectivity index (χ1v) is 7.18. The van der Waals surface area contributed by atoms with Gasteiger partial charge in [-0.3, -0.25) is 9.59 Å². The Morgan fingerprint density at radius 1 is 1.26 bits per heavy atom. The Hall–Kier alpha value is -1.37. The van der Waals surface area contributed by atoms with Crippen molar-refractivity contribution < 1.29 is 9.59 Å². The van der Waals surface area contributed by atoms with Crippen LogP contribution < -0.4 is 11.1 Å². The van der Waals surface area contributed by atoms with E-state index in [2.05, 4.69) is 21.2 Å². The summed E-state index contributed by atoms with van der Waals surface area (Å²) in [6.45, 7) is 0. The van der Waals surface area contributed by atoms with Crippen LogP contribution in [-0.4, -0.2) is 11.8 Å². The number of benzene rings is 1. The number of carbonyl (C=O) groups is 2. The van der Waals surface area contributed by atoms with Gasteiger partial charge >= 0.3 is 0 Å². The average molecular weight is 360 g/mol. The van der Waals surface area contributed by atoms with Crippen molar-refractivity contribution in [1.29, 1.82) is 0 Å². The maximum Gasteiger partial charge on any atom is 0.257 e. The molecule has 0 saturated carbocycles. The van der Waals surface area contributed by atoms with Crippen molar-refractivity contribution in [2.75, 3.05) is 5.32 Å². The molecule has 0 fully saturated rings. The molecule has 4 nitrogen and oxygen atoms in total. The molecular formula is C12H8BrClN2O2S. The van der Waals surface area contributed by atoms with Crippen LogP contribution in [0.5, 0.6) is 0 Å². The highest BCUT2D eigenvalue weighted by atomic mass is 79.9. The van der Waals surface area contributed by atoms with Gasteiger partial charge in [0.05, 0.1) is 16.1 Å². The largest absolute Gasteiger partial charge is 0.366 e. The number of carbonyl (C=O) groups excluding carboxylic acids is 2. The van der Waals surface area contributed by atoms with Crippen LogP contribution in [0, 0.1) is 0 Å². The molecule has 0 bridgehead atoms. The van der Waals surface area contributed by atoms with E-state index in [4.69, 9.17) is 17.3 Å². The van der Waals surface area contributed by atoms with E-state index in [0.717, 1.165) is 0 Å². The van der Waals surface area contributed by atoms with Gasteiger partial charge in [-0.05, 0) is 39.5 Å². The first kappa shape index (κ1) is 14.0. The molecule has 1 aromatic heterocycles. The van der Waals surface area contributed by atoms with E-state index in [1.165, 1.54) is 11.3 Å². The van der Waals surface area contributed by atoms with Crippen LogP contribution in [0.4, 0.5) is 5.00 Å². The predicted octanol–water partition coefficient (Wildman–Crippen LogP) is 3.52. The fourth-order valence-electron chi connectivity index (χ4n) is 1.45. The molecule has 0 spiro atoms. The quantitative estimate of drug-likeness (QED) is 0.880. The Morgan fingerprint density at radius 3 is 2.68 bits per heavy atom. The summed E-state index contributed by atoms with van der Waals surface area (Å²) in [5.74, 6) is -0.979. The lowest BCUT2D eigenvalue weighted by atomic mass is 10.2. The molecule has 0 aliphatic rings. The fourth-order valence-corrected chi connectivity index (χ4v) is 2.82. The first-order chi connectivity index (χ1) is 9.00. The van der Waals surface area contributed by atoms with Gasteiger partial charge in [0.25, 0.3) is 11.8 Å². The number of rotatable bonds is 3. The number of nitrogens with two attached hydrogens (primary N) is 1. The number of primary amides is 1. The highest BCUT2D eigenvalue weighted by Crippen LogP contribution is 2.28. The van der Waals surface area contributed by atoms with Crippen molar-refractivity contribution >= 4 is 55.7 Å². The number of amides is 2. The molecule has 1 aromatic carbocycles. The van der Waals surface area contributed by atoms with Crippen LogP contribution in [0.3, 0.4) is 0 Å². The topological polar surface area (TPSA) is 72.2 Å². The minimum atomic E-state index is -0.586. The summed E-state index contributed by atoms with van der Waals surface area (Å²) in [6, 6.07) is 6.60. The summed E-state index contributed by atoms with van der Waals surface area (Å²) >= 11 is 10.5. The van der Waals surface area contributed by atoms with E-state index >= 15 is 0 Å². The van der Waals surface area contributed by atoms with Gasteiger partial charge in [-0.1, -0.05) is 17.7 Å². The number of hydrogen-bond donors (Lipinski definition) is 2. The van der Waals surface area contributed by atoms with Crippen molar-refractivity contribution in [3.05, 3.63) is 50.3 Å². The van der Waals surface area contributed by atoms with E-state index in [9.17, 15) is 9.59 Å². The Bertz CT molecular complexity index is 657. The van der Waals surface area contributed by atoms with Crippen LogP contribution in [0.1, 0.15) is 20.7 Å². The standard InChI is InChI=1S/C12H8BrClN2O2S/c13-8-3-1-2-6(9(8)14)11(18)16-12-7(10(15)17)4-5-19-12/h1-5H,(H2,15,17)(H,16,18). The summed E-state index contributed by atoms with van der Waals surface area (Å²) in [6.07, 6.45) is 0. The van der Waals surface area contributed by atoms with E-state index in [-0.39, 0.29) is 5.56 Å². The minimum absolute atomic E-state index is 0.282. The molecule has 0 unspecified atom stereocenters. The Morgan fingerprint density at radius 2 is 2.00 bits per heavy atom. The molecule has 0 saturated heterocycles. The van der Waals surface area contributed by atoms with E-state index in [1.807, 2.05) is 0 Å². The number of anilines is 1. The smallest absolute Gasteiger partial charge is 0.257 e. The number of nitrogens with one attached hydrogen (secondary N) is 1. The zero-order valence-corrected chi connectivity index (χ0v) is 12.6. The van der Waals surface area contributed by atoms with Gasteiger partial charge in [0, 0.05) is 4.47 Å². The monoisotopic (exact) mass is 358 g/mol. The van der Waals surface area contributed by atoms with Gasteiger partial charge in [0.2, 0.25) is 0 Å². The van der Waals surface area contributed by atoms with Crippen LogP contribution in [0.25, 0.3) is 0 Å². The number of halogens is 2. The maximum atomic E-state index is 12.1. The lowest BCUT2D eigenvalue weighted by Crippen LogP contribution is -2.16. The highest BCUT2D eigenvalue weighted by molar-refractivity contribution is 9.10. The fraction of sp³-hybridized carbons (Fsp3) is 0. The Labute approximate surface area is 126 Å². The van der Waals surface area contributed by atoms with E-state index in [1.54, 1.807) is 29.6 Å². The predicted molar refractivity (Wildman–Crippen MR) is 79.9 cm³/mol. The molecule has 3 N–H and O–H groups in total. The molecule has 2 amide bonds. The van der Waals surface area contributed by atoms with Crippen molar-refractivity contribution in [1.82, 2.24) is 0 Å². The number of hydrogen-bond acceptors (Lipinski definition) is 3. The van der Waals surface area contributed by atoms with Crippen molar-refractivity contribution in [2.45, 2.75) is 0 Å². The Kier molecular flexibility index (Phi) is 4.24. The second kappa shape index (κ2) is 5.73. The minimum Gasteiger partial charge on any atom is -0.366 e. The summed E-state index contributed by atoms with van der Waals surface area (Å²) in [4.78, 5) is 23.3. The van der Waals surface area contributed by atoms with E-state index < -0.39 is 11.8 Å². The molecule has 19 heavy (non-hydrogen) atoms. The molecule has 2 aromatic rings. The Balaban J connectivity index is 2.29. The molecule has 0 aliphatic carbocycles. The van der Waals surface area contributed by atoms with Crippen molar-refractivity contribution in [2.24, 2.45) is 5.73 Å². The SMILES string of the molecule is NC(=O)c1ccsc1NC(=O)c1cccc(Br)c1Cl. The zero-order valence-electron chi connectivity index (χ0n) is 9.44. The summed E-state index contributed by atoms with van der Waals surface area (Å²) in [5.41, 5.74) is 5.81. The summed E-state index contributed by atoms with van der Waals surface area (Å²) in [7, 11) is 0. The van der Waals surface area contributed by atoms with Crippen LogP contribution in [0.15, 0.2) is 34.1 Å². The average Bonchev–Trinajstić information content (AvgIpc) is 2.80. The van der Waals surface area contributed by atoms with Crippen LogP contribution in [-0.2, 0) is 0 Å². The van der Waals surface area contributed by atoms with Gasteiger partial charge in [0.1, 0.15) is 5.00 Å². The molecule has 7 heteroatoms. The first-order valence-electron chi connectivity index (χ1n) is 5.13. The third-order valence-electron chi connectivity index (χ3n) is 2.35. The molecule has 98 valence electrons. The van der Waals surface area contributed by atoms with Gasteiger partial charge in [-0.15, -0.1) is 11.3 Å². The van der Waals surface area contributed by atoms with Crippen LogP contribution >= 0.6 is 38.9 Å². The lowest BCUT2D eigenvalue weighted by molar-refractivity contribution is 0.100. The van der Waals surface area contributed by atoms with Crippen molar-refractivity contribution in [3.63, 3.8) is 0 Å². The van der Waals surface area contributed by atoms with Gasteiger partial charge < -0.3 is 11.1 Å². The van der Waals surface area contributed by atoms with E-state index in [0.29, 0.717) is 20.1 Å². The highest BCUT2D eigenvalue weighted by Gasteiger charge is 2.16. The zero-order chi connectivity index (χ0) is 14.0. The molecule has 0 atom stereocenters. The number of thiophene rings is 1. The molecular weight excluding hydrogens is 352 g/mol. The molecule has 2 rings (SSSR count). The summed E-state index contributed by atoms with van der Waals surface area (Å²) in [5, 5.41) is 5.04. The second-order valence-electron chi connectivity index (χ2n) is 3.58. The van der Waals surface area contributed by atoms with Gasteiger partial charge in [-0.25, -0.2) is 0 Å². The maximum absolute atomic E-state index is 12.1. The lowest BCUT2D eigenvalue weighted by Gasteiger charge is -2.07. The molecule has 0 aliphatic heterocycles. The third-order valence-corrected chi connectivity index (χ3v) is 4.48. The normalized spacial score (nSPS) is 10.2. The summed E-state index contributed by atoms with van der Waals surface area (Å²) < 4.78 is 0.628.